The van der Waals surface area contributed by atoms with Gasteiger partial charge in [-0.2, -0.15) is 13.2 Å². The van der Waals surface area contributed by atoms with Crippen molar-refractivity contribution < 1.29 is 18.0 Å². The molecule has 0 saturated heterocycles. The third-order valence-corrected chi connectivity index (χ3v) is 5.46. The predicted molar refractivity (Wildman–Crippen MR) is 91.0 cm³/mol. The van der Waals surface area contributed by atoms with Crippen LogP contribution in [-0.4, -0.2) is 26.6 Å². The minimum Gasteiger partial charge on any atom is -0.335 e. The van der Waals surface area contributed by atoms with E-state index in [0.717, 1.165) is 30.4 Å². The Bertz CT molecular complexity index is 834. The minimum absolute atomic E-state index is 0.215. The fraction of sp³-hybridized carbons (Fsp3) is 0.500. The topological polar surface area (TPSA) is 71.8 Å². The van der Waals surface area contributed by atoms with Crippen LogP contribution >= 0.6 is 0 Å². The van der Waals surface area contributed by atoms with Gasteiger partial charge in [0.25, 0.3) is 0 Å². The van der Waals surface area contributed by atoms with Crippen LogP contribution in [0.3, 0.4) is 0 Å². The summed E-state index contributed by atoms with van der Waals surface area (Å²) in [7, 11) is 0. The number of nitrogens with one attached hydrogen (secondary N) is 2. The highest BCUT2D eigenvalue weighted by atomic mass is 19.4. The van der Waals surface area contributed by atoms with Gasteiger partial charge in [-0.1, -0.05) is 6.42 Å². The molecule has 0 unspecified atom stereocenters. The molecule has 2 aromatic heterocycles. The summed E-state index contributed by atoms with van der Waals surface area (Å²) in [6.45, 7) is 0.267. The molecule has 0 spiro atoms. The van der Waals surface area contributed by atoms with Gasteiger partial charge in [0.15, 0.2) is 5.69 Å². The Balaban J connectivity index is 1.35. The number of carbonyl (C=O) groups is 1. The van der Waals surface area contributed by atoms with Crippen LogP contribution in [0.2, 0.25) is 0 Å². The van der Waals surface area contributed by atoms with E-state index in [0.29, 0.717) is 11.7 Å². The average Bonchev–Trinajstić information content (AvgIpc) is 3.36. The fourth-order valence-corrected chi connectivity index (χ4v) is 4.13. The van der Waals surface area contributed by atoms with Gasteiger partial charge in [-0.15, -0.1) is 0 Å². The molecule has 0 radical (unpaired) electrons. The highest BCUT2D eigenvalue weighted by Gasteiger charge is 2.40. The van der Waals surface area contributed by atoms with E-state index < -0.39 is 11.9 Å². The lowest BCUT2D eigenvalue weighted by molar-refractivity contribution is -0.140. The molecule has 0 aromatic carbocycles. The predicted octanol–water partition coefficient (Wildman–Crippen LogP) is 3.27. The quantitative estimate of drug-likeness (QED) is 0.857. The Labute approximate surface area is 154 Å². The largest absolute Gasteiger partial charge is 0.434 e. The molecule has 144 valence electrons. The molecule has 2 amide bonds. The molecule has 9 heteroatoms. The summed E-state index contributed by atoms with van der Waals surface area (Å²) in [6, 6.07) is 3.37. The summed E-state index contributed by atoms with van der Waals surface area (Å²) in [5.74, 6) is 1.66. The van der Waals surface area contributed by atoms with Crippen LogP contribution in [0.4, 0.5) is 18.0 Å². The molecule has 2 heterocycles. The fourth-order valence-electron chi connectivity index (χ4n) is 4.13. The first kappa shape index (κ1) is 17.8. The van der Waals surface area contributed by atoms with Crippen molar-refractivity contribution in [3.8, 4) is 5.82 Å². The summed E-state index contributed by atoms with van der Waals surface area (Å²) < 4.78 is 39.2. The van der Waals surface area contributed by atoms with Crippen molar-refractivity contribution in [3.05, 3.63) is 42.1 Å². The number of urea groups is 1. The number of fused-ring (bicyclic) bond motifs is 2. The summed E-state index contributed by atoms with van der Waals surface area (Å²) in [6.07, 6.45) is 3.69. The lowest BCUT2D eigenvalue weighted by Gasteiger charge is -2.23. The molecule has 2 bridgehead atoms. The Morgan fingerprint density at radius 3 is 2.78 bits per heavy atom. The zero-order valence-electron chi connectivity index (χ0n) is 14.5. The van der Waals surface area contributed by atoms with Gasteiger partial charge in [-0.25, -0.2) is 14.8 Å². The van der Waals surface area contributed by atoms with Crippen molar-refractivity contribution in [2.24, 2.45) is 11.8 Å². The molecule has 2 aromatic rings. The van der Waals surface area contributed by atoms with Crippen molar-refractivity contribution in [1.29, 1.82) is 0 Å². The van der Waals surface area contributed by atoms with Crippen LogP contribution in [0, 0.1) is 11.8 Å². The smallest absolute Gasteiger partial charge is 0.335 e. The lowest BCUT2D eigenvalue weighted by Crippen LogP contribution is -2.44. The SMILES string of the molecule is O=C(NCc1ccnc(-n2cnc(C(F)(F)F)c2)c1)N[C@H]1C[C@@H]2CC[C@H]1C2. The van der Waals surface area contributed by atoms with Crippen LogP contribution in [-0.2, 0) is 12.7 Å². The van der Waals surface area contributed by atoms with Gasteiger partial charge in [-0.3, -0.25) is 4.57 Å². The number of halogens is 3. The summed E-state index contributed by atoms with van der Waals surface area (Å²) in [5.41, 5.74) is -0.233. The van der Waals surface area contributed by atoms with Crippen molar-refractivity contribution in [1.82, 2.24) is 25.2 Å². The van der Waals surface area contributed by atoms with Crippen LogP contribution < -0.4 is 10.6 Å². The van der Waals surface area contributed by atoms with Crippen molar-refractivity contribution in [2.75, 3.05) is 0 Å². The standard InChI is InChI=1S/C18H20F3N5O/c19-18(20,21)15-9-26(10-24-15)16-7-12(3-4-22-16)8-23-17(27)25-14-6-11-1-2-13(14)5-11/h3-4,7,9-11,13-14H,1-2,5-6,8H2,(H2,23,25,27)/t11-,13+,14+/m1/s1. The maximum atomic E-state index is 12.7. The summed E-state index contributed by atoms with van der Waals surface area (Å²) >= 11 is 0. The number of pyridine rings is 1. The molecule has 0 aliphatic heterocycles. The Morgan fingerprint density at radius 1 is 1.26 bits per heavy atom. The van der Waals surface area contributed by atoms with Gasteiger partial charge in [0.2, 0.25) is 0 Å². The zero-order chi connectivity index (χ0) is 19.0. The molecule has 3 atom stereocenters. The monoisotopic (exact) mass is 379 g/mol. The van der Waals surface area contributed by atoms with E-state index in [4.69, 9.17) is 0 Å². The number of imidazole rings is 1. The minimum atomic E-state index is -4.50. The van der Waals surface area contributed by atoms with Gasteiger partial charge in [0.1, 0.15) is 12.1 Å². The normalized spacial score (nSPS) is 24.2. The lowest BCUT2D eigenvalue weighted by atomic mass is 9.95. The van der Waals surface area contributed by atoms with Crippen molar-refractivity contribution in [2.45, 2.75) is 44.4 Å². The van der Waals surface area contributed by atoms with E-state index in [2.05, 4.69) is 20.6 Å². The molecule has 2 fully saturated rings. The number of hydrogen-bond acceptors (Lipinski definition) is 3. The number of amides is 2. The summed E-state index contributed by atoms with van der Waals surface area (Å²) in [4.78, 5) is 19.6. The first-order valence-electron chi connectivity index (χ1n) is 8.99. The Hall–Kier alpha value is -2.58. The van der Waals surface area contributed by atoms with E-state index in [9.17, 15) is 18.0 Å². The number of carbonyl (C=O) groups excluding carboxylic acids is 1. The second kappa shape index (κ2) is 6.86. The first-order valence-corrected chi connectivity index (χ1v) is 8.99. The summed E-state index contributed by atoms with van der Waals surface area (Å²) in [5, 5.41) is 5.85. The maximum absolute atomic E-state index is 12.7. The second-order valence-corrected chi connectivity index (χ2v) is 7.29. The number of aromatic nitrogens is 3. The van der Waals surface area contributed by atoms with Crippen LogP contribution in [0.25, 0.3) is 5.82 Å². The first-order chi connectivity index (χ1) is 12.9. The molecule has 4 rings (SSSR count). The van der Waals surface area contributed by atoms with Crippen molar-refractivity contribution in [3.63, 3.8) is 0 Å². The maximum Gasteiger partial charge on any atom is 0.434 e. The van der Waals surface area contributed by atoms with Crippen LogP contribution in [0.1, 0.15) is 36.9 Å². The van der Waals surface area contributed by atoms with Gasteiger partial charge < -0.3 is 10.6 Å². The van der Waals surface area contributed by atoms with E-state index >= 15 is 0 Å². The zero-order valence-corrected chi connectivity index (χ0v) is 14.5. The molecule has 27 heavy (non-hydrogen) atoms. The molecule has 6 nitrogen and oxygen atoms in total. The third-order valence-electron chi connectivity index (χ3n) is 5.46. The molecule has 2 N–H and O–H groups in total. The number of nitrogens with zero attached hydrogens (tertiary/aromatic N) is 3. The van der Waals surface area contributed by atoms with Crippen molar-refractivity contribution >= 4 is 6.03 Å². The van der Waals surface area contributed by atoms with E-state index in [1.165, 1.54) is 30.0 Å². The van der Waals surface area contributed by atoms with Gasteiger partial charge in [0.05, 0.1) is 0 Å². The van der Waals surface area contributed by atoms with Crippen LogP contribution in [0.5, 0.6) is 0 Å². The highest BCUT2D eigenvalue weighted by Crippen LogP contribution is 2.44. The average molecular weight is 379 g/mol. The number of rotatable bonds is 4. The number of hydrogen-bond donors (Lipinski definition) is 2. The molecule has 2 aliphatic rings. The van der Waals surface area contributed by atoms with E-state index in [-0.39, 0.29) is 18.6 Å². The molecular formula is C18H20F3N5O. The van der Waals surface area contributed by atoms with E-state index in [1.54, 1.807) is 12.1 Å². The second-order valence-electron chi connectivity index (χ2n) is 7.29. The highest BCUT2D eigenvalue weighted by molar-refractivity contribution is 5.74. The molecule has 2 saturated carbocycles. The molecule has 2 aliphatic carbocycles. The van der Waals surface area contributed by atoms with Gasteiger partial charge >= 0.3 is 12.2 Å². The Kier molecular flexibility index (Phi) is 4.53. The van der Waals surface area contributed by atoms with E-state index in [1.807, 2.05) is 0 Å². The van der Waals surface area contributed by atoms with Gasteiger partial charge in [-0.05, 0) is 48.8 Å². The number of alkyl halides is 3. The van der Waals surface area contributed by atoms with Gasteiger partial charge in [0, 0.05) is 25.0 Å². The van der Waals surface area contributed by atoms with Crippen LogP contribution in [0.15, 0.2) is 30.9 Å². The third kappa shape index (κ3) is 3.91. The molecular weight excluding hydrogens is 359 g/mol. The Morgan fingerprint density at radius 2 is 2.11 bits per heavy atom.